The number of allylic oxidation sites excluding steroid dienone is 7. The molecule has 0 radical (unpaired) electrons. The third kappa shape index (κ3) is 11.3. The Kier molecular flexibility index (Phi) is 18.6. The molecule has 2 aliphatic rings. The lowest BCUT2D eigenvalue weighted by Crippen LogP contribution is -2.61. The van der Waals surface area contributed by atoms with Crippen LogP contribution in [-0.2, 0) is 14.3 Å². The summed E-state index contributed by atoms with van der Waals surface area (Å²) in [6, 6.07) is 0.394. The van der Waals surface area contributed by atoms with Crippen LogP contribution >= 0.6 is 0 Å². The Labute approximate surface area is 283 Å². The molecule has 2 rings (SSSR count). The Morgan fingerprint density at radius 3 is 2.66 bits per heavy atom. The molecular weight excluding hydrogens is 596 g/mol. The van der Waals surface area contributed by atoms with Gasteiger partial charge in [-0.1, -0.05) is 47.6 Å². The molecule has 0 aromatic rings. The van der Waals surface area contributed by atoms with Gasteiger partial charge in [0, 0.05) is 44.2 Å². The lowest BCUT2D eigenvalue weighted by atomic mass is 9.51. The molecule has 0 aliphatic heterocycles. The fraction of sp³-hybridized carbons (Fsp3) is 0.711. The van der Waals surface area contributed by atoms with Crippen LogP contribution in [0.2, 0.25) is 0 Å². The maximum absolute atomic E-state index is 12.4. The average Bonchev–Trinajstić information content (AvgIpc) is 3.41. The van der Waals surface area contributed by atoms with Crippen LogP contribution in [0.1, 0.15) is 85.0 Å². The number of aliphatic hydroxyl groups excluding tert-OH is 3. The highest BCUT2D eigenvalue weighted by Crippen LogP contribution is 2.63. The van der Waals surface area contributed by atoms with Crippen LogP contribution in [-0.4, -0.2) is 98.3 Å². The first-order valence-corrected chi connectivity index (χ1v) is 17.5. The second-order valence-corrected chi connectivity index (χ2v) is 13.6. The molecule has 0 heterocycles. The Morgan fingerprint density at radius 2 is 2.00 bits per heavy atom. The molecule has 9 nitrogen and oxygen atoms in total. The monoisotopic (exact) mass is 660 g/mol. The minimum absolute atomic E-state index is 0.00102. The molecule has 1 spiro atoms. The number of nitrogens with one attached hydrogen (secondary N) is 2. The molecule has 2 saturated carbocycles. The first-order chi connectivity index (χ1) is 22.5. The lowest BCUT2D eigenvalue weighted by Gasteiger charge is -2.57. The zero-order valence-electron chi connectivity index (χ0n) is 29.7. The molecule has 2 aliphatic carbocycles. The van der Waals surface area contributed by atoms with Gasteiger partial charge in [0.25, 0.3) is 0 Å². The average molecular weight is 661 g/mol. The molecule has 0 bridgehead atoms. The number of carbonyl (C=O) groups excluding carboxylic acids is 1. The Morgan fingerprint density at radius 1 is 1.23 bits per heavy atom. The minimum Gasteiger partial charge on any atom is -0.396 e. The summed E-state index contributed by atoms with van der Waals surface area (Å²) in [6.45, 7) is 12.2. The number of ether oxygens (including phenoxy) is 2. The number of methoxy groups -OCH3 is 1. The third-order valence-electron chi connectivity index (χ3n) is 10.5. The molecule has 6 atom stereocenters. The topological polar surface area (TPSA) is 141 Å². The van der Waals surface area contributed by atoms with Crippen molar-refractivity contribution in [2.75, 3.05) is 53.9 Å². The quantitative estimate of drug-likeness (QED) is 0.0325. The summed E-state index contributed by atoms with van der Waals surface area (Å²) in [5.74, 6) is -0.552. The molecule has 0 saturated heterocycles. The SMILES string of the molecule is C=C(C=CC=C(COCO)C1CCC2(C(CCCO)C(=C(C)C=O)CCC2(O)CCNC)C1O)CCC=C(C)CNC(C)CCOC. The largest absolute Gasteiger partial charge is 0.396 e. The van der Waals surface area contributed by atoms with E-state index in [2.05, 4.69) is 37.1 Å². The molecule has 9 heteroatoms. The Balaban J connectivity index is 2.29. The summed E-state index contributed by atoms with van der Waals surface area (Å²) in [5.41, 5.74) is 2.69. The maximum atomic E-state index is 12.4. The van der Waals surface area contributed by atoms with Crippen molar-refractivity contribution in [3.05, 3.63) is 58.7 Å². The van der Waals surface area contributed by atoms with Gasteiger partial charge in [-0.25, -0.2) is 0 Å². The van der Waals surface area contributed by atoms with E-state index in [9.17, 15) is 25.2 Å². The van der Waals surface area contributed by atoms with E-state index in [4.69, 9.17) is 9.47 Å². The summed E-state index contributed by atoms with van der Waals surface area (Å²) in [4.78, 5) is 12.0. The van der Waals surface area contributed by atoms with Crippen LogP contribution in [0.5, 0.6) is 0 Å². The van der Waals surface area contributed by atoms with Gasteiger partial charge >= 0.3 is 0 Å². The van der Waals surface area contributed by atoms with Crippen LogP contribution in [0, 0.1) is 17.3 Å². The van der Waals surface area contributed by atoms with E-state index in [1.165, 1.54) is 5.57 Å². The summed E-state index contributed by atoms with van der Waals surface area (Å²) in [7, 11) is 3.57. The number of aldehydes is 1. The highest BCUT2D eigenvalue weighted by atomic mass is 16.6. The zero-order valence-corrected chi connectivity index (χ0v) is 29.7. The summed E-state index contributed by atoms with van der Waals surface area (Å²) in [6.07, 6.45) is 14.5. The van der Waals surface area contributed by atoms with Crippen LogP contribution in [0.4, 0.5) is 0 Å². The van der Waals surface area contributed by atoms with E-state index in [1.54, 1.807) is 7.11 Å². The molecule has 0 amide bonds. The van der Waals surface area contributed by atoms with Crippen LogP contribution < -0.4 is 10.6 Å². The number of aliphatic hydroxyl groups is 4. The molecule has 268 valence electrons. The van der Waals surface area contributed by atoms with E-state index in [0.29, 0.717) is 63.1 Å². The normalized spacial score (nSPS) is 28.7. The van der Waals surface area contributed by atoms with Crippen molar-refractivity contribution in [1.82, 2.24) is 10.6 Å². The van der Waals surface area contributed by atoms with Crippen molar-refractivity contribution < 1.29 is 34.7 Å². The van der Waals surface area contributed by atoms with E-state index in [1.807, 2.05) is 32.2 Å². The standard InChI is InChI=1S/C38H64N2O7/c1-28(10-7-12-29(2)24-40-31(4)17-23-46-6)11-8-13-32(26-47-27-43)34-16-19-38(36(34)44)35(14-9-22-41)33(30(3)25-42)15-18-37(38,45)20-21-39-5/h8,11-13,25,31,34-36,39-41,43-45H,1,7,9-10,14-24,26-27H2,2-6H3. The van der Waals surface area contributed by atoms with E-state index in [-0.39, 0.29) is 25.0 Å². The number of hydrogen-bond acceptors (Lipinski definition) is 9. The first-order valence-electron chi connectivity index (χ1n) is 17.5. The van der Waals surface area contributed by atoms with Gasteiger partial charge in [0.05, 0.1) is 18.3 Å². The van der Waals surface area contributed by atoms with Crippen LogP contribution in [0.15, 0.2) is 58.7 Å². The first kappa shape index (κ1) is 41.2. The van der Waals surface area contributed by atoms with Gasteiger partial charge in [0.2, 0.25) is 0 Å². The third-order valence-corrected chi connectivity index (χ3v) is 10.5. The van der Waals surface area contributed by atoms with Gasteiger partial charge in [0.1, 0.15) is 13.1 Å². The van der Waals surface area contributed by atoms with E-state index < -0.39 is 23.9 Å². The zero-order chi connectivity index (χ0) is 34.9. The summed E-state index contributed by atoms with van der Waals surface area (Å²) < 4.78 is 10.6. The van der Waals surface area contributed by atoms with Crippen molar-refractivity contribution in [2.24, 2.45) is 17.3 Å². The van der Waals surface area contributed by atoms with Crippen molar-refractivity contribution in [3.8, 4) is 0 Å². The highest BCUT2D eigenvalue weighted by Gasteiger charge is 2.65. The smallest absolute Gasteiger partial charge is 0.145 e. The van der Waals surface area contributed by atoms with Gasteiger partial charge in [-0.15, -0.1) is 0 Å². The molecule has 6 N–H and O–H groups in total. The van der Waals surface area contributed by atoms with Gasteiger partial charge in [-0.05, 0) is 116 Å². The van der Waals surface area contributed by atoms with Crippen LogP contribution in [0.25, 0.3) is 0 Å². The molecular formula is C38H64N2O7. The molecule has 6 unspecified atom stereocenters. The number of rotatable bonds is 22. The van der Waals surface area contributed by atoms with Crippen molar-refractivity contribution >= 4 is 6.29 Å². The minimum atomic E-state index is -1.16. The second kappa shape index (κ2) is 21.2. The summed E-state index contributed by atoms with van der Waals surface area (Å²) >= 11 is 0. The molecule has 47 heavy (non-hydrogen) atoms. The molecule has 2 fully saturated rings. The lowest BCUT2D eigenvalue weighted by molar-refractivity contribution is -0.180. The van der Waals surface area contributed by atoms with Gasteiger partial charge in [-0.3, -0.25) is 4.79 Å². The van der Waals surface area contributed by atoms with E-state index in [0.717, 1.165) is 55.4 Å². The van der Waals surface area contributed by atoms with Crippen LogP contribution in [0.3, 0.4) is 0 Å². The fourth-order valence-corrected chi connectivity index (χ4v) is 7.83. The highest BCUT2D eigenvalue weighted by molar-refractivity contribution is 5.74. The van der Waals surface area contributed by atoms with Gasteiger partial charge in [-0.2, -0.15) is 0 Å². The fourth-order valence-electron chi connectivity index (χ4n) is 7.83. The number of hydrogen-bond donors (Lipinski definition) is 6. The van der Waals surface area contributed by atoms with Gasteiger partial charge in [0.15, 0.2) is 0 Å². The Hall–Kier alpha value is -1.95. The van der Waals surface area contributed by atoms with Crippen molar-refractivity contribution in [1.29, 1.82) is 0 Å². The van der Waals surface area contributed by atoms with Gasteiger partial charge < -0.3 is 40.5 Å². The van der Waals surface area contributed by atoms with Crippen molar-refractivity contribution in [3.63, 3.8) is 0 Å². The summed E-state index contributed by atoms with van der Waals surface area (Å²) in [5, 5.41) is 50.7. The molecule has 0 aromatic heterocycles. The molecule has 0 aromatic carbocycles. The van der Waals surface area contributed by atoms with Crippen molar-refractivity contribution in [2.45, 2.75) is 103 Å². The maximum Gasteiger partial charge on any atom is 0.145 e. The number of carbonyl (C=O) groups is 1. The second-order valence-electron chi connectivity index (χ2n) is 13.6. The Bertz CT molecular complexity index is 1100. The predicted octanol–water partition coefficient (Wildman–Crippen LogP) is 4.53. The van der Waals surface area contributed by atoms with E-state index >= 15 is 0 Å². The predicted molar refractivity (Wildman–Crippen MR) is 189 cm³/mol.